The fourth-order valence-corrected chi connectivity index (χ4v) is 3.09. The Morgan fingerprint density at radius 1 is 1.25 bits per heavy atom. The van der Waals surface area contributed by atoms with E-state index in [0.29, 0.717) is 26.5 Å². The number of imidazole rings is 1. The van der Waals surface area contributed by atoms with Crippen molar-refractivity contribution in [2.24, 2.45) is 0 Å². The summed E-state index contributed by atoms with van der Waals surface area (Å²) in [5.41, 5.74) is 2.35. The van der Waals surface area contributed by atoms with Gasteiger partial charge in [0.25, 0.3) is 0 Å². The summed E-state index contributed by atoms with van der Waals surface area (Å²) in [6, 6.07) is 12.1. The summed E-state index contributed by atoms with van der Waals surface area (Å²) in [6.45, 7) is 0. The Kier molecular flexibility index (Phi) is 4.95. The SMILES string of the molecule is N#Cc1ccc(Cl)cc1NC(=O)CSc1nc2ccc(Cl)cc2[nH]1. The molecule has 5 nitrogen and oxygen atoms in total. The van der Waals surface area contributed by atoms with Crippen molar-refractivity contribution in [3.8, 4) is 6.07 Å². The number of amides is 1. The Morgan fingerprint density at radius 2 is 2.00 bits per heavy atom. The largest absolute Gasteiger partial charge is 0.333 e. The molecule has 120 valence electrons. The summed E-state index contributed by atoms with van der Waals surface area (Å²) in [6.07, 6.45) is 0. The number of thioether (sulfide) groups is 1. The molecule has 0 aliphatic heterocycles. The Morgan fingerprint density at radius 3 is 2.79 bits per heavy atom. The highest BCUT2D eigenvalue weighted by Gasteiger charge is 2.10. The van der Waals surface area contributed by atoms with E-state index in [1.54, 1.807) is 30.3 Å². The lowest BCUT2D eigenvalue weighted by Gasteiger charge is -2.06. The maximum absolute atomic E-state index is 12.1. The van der Waals surface area contributed by atoms with E-state index in [1.807, 2.05) is 12.1 Å². The zero-order valence-electron chi connectivity index (χ0n) is 12.1. The predicted molar refractivity (Wildman–Crippen MR) is 96.6 cm³/mol. The first-order chi connectivity index (χ1) is 11.5. The zero-order valence-corrected chi connectivity index (χ0v) is 14.5. The fourth-order valence-electron chi connectivity index (χ4n) is 2.06. The second-order valence-electron chi connectivity index (χ2n) is 4.84. The zero-order chi connectivity index (χ0) is 17.1. The highest BCUT2D eigenvalue weighted by molar-refractivity contribution is 7.99. The van der Waals surface area contributed by atoms with Gasteiger partial charge in [-0.2, -0.15) is 5.26 Å². The van der Waals surface area contributed by atoms with Crippen molar-refractivity contribution >= 4 is 57.6 Å². The number of benzene rings is 2. The number of halogens is 2. The normalized spacial score (nSPS) is 10.5. The average molecular weight is 377 g/mol. The second kappa shape index (κ2) is 7.14. The fraction of sp³-hybridized carbons (Fsp3) is 0.0625. The van der Waals surface area contributed by atoms with Crippen LogP contribution in [0.25, 0.3) is 11.0 Å². The Hall–Kier alpha value is -2.20. The van der Waals surface area contributed by atoms with E-state index in [9.17, 15) is 4.79 Å². The second-order valence-corrected chi connectivity index (χ2v) is 6.68. The van der Waals surface area contributed by atoms with Gasteiger partial charge in [0.1, 0.15) is 6.07 Å². The Labute approximate surface area is 152 Å². The highest BCUT2D eigenvalue weighted by Crippen LogP contribution is 2.23. The smallest absolute Gasteiger partial charge is 0.234 e. The lowest BCUT2D eigenvalue weighted by Crippen LogP contribution is -2.15. The van der Waals surface area contributed by atoms with Crippen LogP contribution in [0.2, 0.25) is 10.0 Å². The molecule has 0 fully saturated rings. The molecule has 0 spiro atoms. The van der Waals surface area contributed by atoms with Crippen LogP contribution in [0.3, 0.4) is 0 Å². The number of rotatable bonds is 4. The van der Waals surface area contributed by atoms with Crippen molar-refractivity contribution in [3.63, 3.8) is 0 Å². The lowest BCUT2D eigenvalue weighted by molar-refractivity contribution is -0.113. The molecular weight excluding hydrogens is 367 g/mol. The van der Waals surface area contributed by atoms with Gasteiger partial charge in [0, 0.05) is 10.0 Å². The van der Waals surface area contributed by atoms with Crippen molar-refractivity contribution in [2.45, 2.75) is 5.16 Å². The van der Waals surface area contributed by atoms with Crippen LogP contribution in [-0.2, 0) is 4.79 Å². The summed E-state index contributed by atoms with van der Waals surface area (Å²) in [5.74, 6) is -0.109. The van der Waals surface area contributed by atoms with Gasteiger partial charge in [-0.25, -0.2) is 4.98 Å². The molecule has 24 heavy (non-hydrogen) atoms. The molecule has 3 aromatic rings. The van der Waals surface area contributed by atoms with Crippen LogP contribution in [0.15, 0.2) is 41.6 Å². The molecule has 0 bridgehead atoms. The predicted octanol–water partition coefficient (Wildman–Crippen LogP) is 4.47. The minimum Gasteiger partial charge on any atom is -0.333 e. The molecule has 2 N–H and O–H groups in total. The molecule has 0 saturated carbocycles. The number of fused-ring (bicyclic) bond motifs is 1. The number of aromatic amines is 1. The summed E-state index contributed by atoms with van der Waals surface area (Å²) < 4.78 is 0. The van der Waals surface area contributed by atoms with E-state index in [4.69, 9.17) is 28.5 Å². The van der Waals surface area contributed by atoms with Gasteiger partial charge < -0.3 is 10.3 Å². The number of aromatic nitrogens is 2. The van der Waals surface area contributed by atoms with Gasteiger partial charge in [-0.05, 0) is 36.4 Å². The minimum absolute atomic E-state index is 0.144. The highest BCUT2D eigenvalue weighted by atomic mass is 35.5. The van der Waals surface area contributed by atoms with Crippen molar-refractivity contribution in [3.05, 3.63) is 52.0 Å². The molecule has 3 rings (SSSR count). The average Bonchev–Trinajstić information content (AvgIpc) is 2.95. The van der Waals surface area contributed by atoms with Gasteiger partial charge in [-0.15, -0.1) is 0 Å². The summed E-state index contributed by atoms with van der Waals surface area (Å²) >= 11 is 13.1. The lowest BCUT2D eigenvalue weighted by atomic mass is 10.2. The molecule has 0 radical (unpaired) electrons. The Balaban J connectivity index is 1.67. The molecule has 0 unspecified atom stereocenters. The third-order valence-corrected chi connectivity index (χ3v) is 4.48. The first-order valence-electron chi connectivity index (χ1n) is 6.83. The topological polar surface area (TPSA) is 81.6 Å². The number of hydrogen-bond acceptors (Lipinski definition) is 4. The number of nitrogens with one attached hydrogen (secondary N) is 2. The van der Waals surface area contributed by atoms with E-state index in [-0.39, 0.29) is 11.7 Å². The van der Waals surface area contributed by atoms with Crippen LogP contribution < -0.4 is 5.32 Å². The van der Waals surface area contributed by atoms with Crippen LogP contribution in [0.5, 0.6) is 0 Å². The number of carbonyl (C=O) groups is 1. The van der Waals surface area contributed by atoms with Crippen LogP contribution in [0, 0.1) is 11.3 Å². The van der Waals surface area contributed by atoms with Gasteiger partial charge in [-0.1, -0.05) is 35.0 Å². The van der Waals surface area contributed by atoms with Crippen LogP contribution in [0.4, 0.5) is 5.69 Å². The quantitative estimate of drug-likeness (QED) is 0.658. The van der Waals surface area contributed by atoms with E-state index in [0.717, 1.165) is 11.0 Å². The van der Waals surface area contributed by atoms with Crippen molar-refractivity contribution in [1.29, 1.82) is 5.26 Å². The number of hydrogen-bond donors (Lipinski definition) is 2. The summed E-state index contributed by atoms with van der Waals surface area (Å²) in [7, 11) is 0. The number of nitrogens with zero attached hydrogens (tertiary/aromatic N) is 2. The van der Waals surface area contributed by atoms with Crippen LogP contribution in [-0.4, -0.2) is 21.6 Å². The molecule has 0 saturated heterocycles. The van der Waals surface area contributed by atoms with Crippen molar-refractivity contribution in [1.82, 2.24) is 9.97 Å². The molecule has 0 aliphatic carbocycles. The molecule has 1 heterocycles. The van der Waals surface area contributed by atoms with Gasteiger partial charge in [0.05, 0.1) is 28.0 Å². The standard InChI is InChI=1S/C16H10Cl2N4OS/c17-10-2-1-9(7-19)13(5-10)20-15(23)8-24-16-21-12-4-3-11(18)6-14(12)22-16/h1-6H,8H2,(H,20,23)(H,21,22). The van der Waals surface area contributed by atoms with Crippen LogP contribution in [0.1, 0.15) is 5.56 Å². The molecule has 8 heteroatoms. The number of nitriles is 1. The molecule has 0 aliphatic rings. The monoisotopic (exact) mass is 376 g/mol. The van der Waals surface area contributed by atoms with Crippen LogP contribution >= 0.6 is 35.0 Å². The number of H-pyrrole nitrogens is 1. The van der Waals surface area contributed by atoms with E-state index in [1.165, 1.54) is 11.8 Å². The Bertz CT molecular complexity index is 964. The van der Waals surface area contributed by atoms with E-state index < -0.39 is 0 Å². The molecule has 1 aromatic heterocycles. The van der Waals surface area contributed by atoms with Gasteiger partial charge in [-0.3, -0.25) is 4.79 Å². The molecule has 2 aromatic carbocycles. The molecule has 0 atom stereocenters. The summed E-state index contributed by atoms with van der Waals surface area (Å²) in [4.78, 5) is 19.6. The van der Waals surface area contributed by atoms with Gasteiger partial charge in [0.15, 0.2) is 5.16 Å². The van der Waals surface area contributed by atoms with E-state index >= 15 is 0 Å². The molecular formula is C16H10Cl2N4OS. The van der Waals surface area contributed by atoms with Gasteiger partial charge in [0.2, 0.25) is 5.91 Å². The molecule has 1 amide bonds. The summed E-state index contributed by atoms with van der Waals surface area (Å²) in [5, 5.41) is 13.4. The maximum Gasteiger partial charge on any atom is 0.234 e. The first kappa shape index (κ1) is 16.7. The van der Waals surface area contributed by atoms with Crippen molar-refractivity contribution in [2.75, 3.05) is 11.1 Å². The number of anilines is 1. The third-order valence-electron chi connectivity index (χ3n) is 3.14. The van der Waals surface area contributed by atoms with Gasteiger partial charge >= 0.3 is 0 Å². The van der Waals surface area contributed by atoms with Crippen molar-refractivity contribution < 1.29 is 4.79 Å². The van der Waals surface area contributed by atoms with E-state index in [2.05, 4.69) is 15.3 Å². The third kappa shape index (κ3) is 3.82. The number of carbonyl (C=O) groups excluding carboxylic acids is 1. The minimum atomic E-state index is -0.253. The maximum atomic E-state index is 12.1. The first-order valence-corrected chi connectivity index (χ1v) is 8.57.